The summed E-state index contributed by atoms with van der Waals surface area (Å²) in [4.78, 5) is 19.5. The lowest BCUT2D eigenvalue weighted by Gasteiger charge is -2.33. The molecule has 146 valence electrons. The number of anilines is 1. The van der Waals surface area contributed by atoms with E-state index in [1.165, 1.54) is 6.07 Å². The molecule has 1 aliphatic heterocycles. The van der Waals surface area contributed by atoms with E-state index in [2.05, 4.69) is 20.3 Å². The number of carbonyl (C=O) groups is 1. The molecule has 0 bridgehead atoms. The first-order chi connectivity index (χ1) is 13.5. The minimum absolute atomic E-state index is 0.0404. The van der Waals surface area contributed by atoms with E-state index in [1.807, 2.05) is 24.7 Å². The lowest BCUT2D eigenvalue weighted by atomic mass is 9.96. The van der Waals surface area contributed by atoms with Crippen LogP contribution < -0.4 is 10.2 Å². The maximum Gasteiger partial charge on any atom is 0.225 e. The van der Waals surface area contributed by atoms with E-state index in [-0.39, 0.29) is 24.2 Å². The smallest absolute Gasteiger partial charge is 0.225 e. The normalized spacial score (nSPS) is 17.1. The number of piperidine rings is 1. The van der Waals surface area contributed by atoms with Crippen molar-refractivity contribution in [1.29, 1.82) is 0 Å². The second kappa shape index (κ2) is 7.58. The number of nitrogens with one attached hydrogen (secondary N) is 1. The monoisotopic (exact) mass is 381 g/mol. The van der Waals surface area contributed by atoms with Crippen LogP contribution in [0.25, 0.3) is 10.9 Å². The summed E-state index contributed by atoms with van der Waals surface area (Å²) in [5.74, 6) is 0.385. The first-order valence-corrected chi connectivity index (χ1v) is 9.59. The highest BCUT2D eigenvalue weighted by molar-refractivity contribution is 5.91. The zero-order chi connectivity index (χ0) is 19.7. The van der Waals surface area contributed by atoms with Gasteiger partial charge in [0, 0.05) is 43.8 Å². The molecular weight excluding hydrogens is 357 g/mol. The molecule has 3 heterocycles. The fourth-order valence-corrected chi connectivity index (χ4v) is 3.97. The number of halogens is 1. The van der Waals surface area contributed by atoms with Gasteiger partial charge >= 0.3 is 0 Å². The Balaban J connectivity index is 1.49. The van der Waals surface area contributed by atoms with Crippen molar-refractivity contribution in [2.75, 3.05) is 18.0 Å². The minimum atomic E-state index is -0.296. The molecule has 1 saturated heterocycles. The number of amides is 1. The van der Waals surface area contributed by atoms with E-state index in [0.29, 0.717) is 12.1 Å². The summed E-state index contributed by atoms with van der Waals surface area (Å²) in [7, 11) is 1.92. The Morgan fingerprint density at radius 2 is 2.14 bits per heavy atom. The zero-order valence-corrected chi connectivity index (χ0v) is 16.2. The van der Waals surface area contributed by atoms with Crippen LogP contribution in [0.3, 0.4) is 0 Å². The largest absolute Gasteiger partial charge is 0.354 e. The van der Waals surface area contributed by atoms with Crippen LogP contribution >= 0.6 is 0 Å². The third-order valence-electron chi connectivity index (χ3n) is 5.42. The average molecular weight is 381 g/mol. The fourth-order valence-electron chi connectivity index (χ4n) is 3.97. The van der Waals surface area contributed by atoms with Crippen LogP contribution in [0.1, 0.15) is 24.1 Å². The van der Waals surface area contributed by atoms with E-state index in [4.69, 9.17) is 0 Å². The zero-order valence-electron chi connectivity index (χ0n) is 16.2. The SMILES string of the molecule is Cc1nn(C)c2c(N3CCCC(C(=O)NCc4ccccc4F)C3)nccc12. The van der Waals surface area contributed by atoms with Crippen LogP contribution in [0.4, 0.5) is 10.2 Å². The van der Waals surface area contributed by atoms with E-state index in [9.17, 15) is 9.18 Å². The summed E-state index contributed by atoms with van der Waals surface area (Å²) < 4.78 is 15.6. The molecule has 6 nitrogen and oxygen atoms in total. The third kappa shape index (κ3) is 3.44. The first kappa shape index (κ1) is 18.4. The predicted octanol–water partition coefficient (Wildman–Crippen LogP) is 2.95. The van der Waals surface area contributed by atoms with Gasteiger partial charge in [-0.15, -0.1) is 0 Å². The van der Waals surface area contributed by atoms with Gasteiger partial charge in [0.2, 0.25) is 5.91 Å². The Bertz CT molecular complexity index is 1020. The predicted molar refractivity (Wildman–Crippen MR) is 106 cm³/mol. The maximum atomic E-state index is 13.8. The molecule has 4 rings (SSSR count). The van der Waals surface area contributed by atoms with Crippen LogP contribution in [0.2, 0.25) is 0 Å². The van der Waals surface area contributed by atoms with Crippen molar-refractivity contribution < 1.29 is 9.18 Å². The second-order valence-electron chi connectivity index (χ2n) is 7.33. The van der Waals surface area contributed by atoms with Crippen LogP contribution in [0, 0.1) is 18.7 Å². The Labute approximate surface area is 163 Å². The fraction of sp³-hybridized carbons (Fsp3) is 0.381. The van der Waals surface area contributed by atoms with E-state index >= 15 is 0 Å². The number of benzene rings is 1. The van der Waals surface area contributed by atoms with Crippen molar-refractivity contribution in [1.82, 2.24) is 20.1 Å². The Morgan fingerprint density at radius 1 is 1.32 bits per heavy atom. The topological polar surface area (TPSA) is 63.1 Å². The number of hydrogen-bond donors (Lipinski definition) is 1. The molecule has 1 atom stereocenters. The van der Waals surface area contributed by atoms with Crippen molar-refractivity contribution >= 4 is 22.6 Å². The summed E-state index contributed by atoms with van der Waals surface area (Å²) in [6.07, 6.45) is 3.53. The second-order valence-corrected chi connectivity index (χ2v) is 7.33. The van der Waals surface area contributed by atoms with Gasteiger partial charge in [0.25, 0.3) is 0 Å². The van der Waals surface area contributed by atoms with Crippen LogP contribution in [-0.2, 0) is 18.4 Å². The molecule has 2 aromatic heterocycles. The molecular formula is C21H24FN5O. The molecule has 1 fully saturated rings. The van der Waals surface area contributed by atoms with E-state index in [1.54, 1.807) is 24.4 Å². The summed E-state index contributed by atoms with van der Waals surface area (Å²) in [6.45, 7) is 3.64. The number of fused-ring (bicyclic) bond motifs is 1. The number of nitrogens with zero attached hydrogens (tertiary/aromatic N) is 4. The molecule has 1 unspecified atom stereocenters. The number of carbonyl (C=O) groups excluding carboxylic acids is 1. The molecule has 7 heteroatoms. The molecule has 28 heavy (non-hydrogen) atoms. The highest BCUT2D eigenvalue weighted by atomic mass is 19.1. The van der Waals surface area contributed by atoms with Crippen LogP contribution in [0.15, 0.2) is 36.5 Å². The van der Waals surface area contributed by atoms with Gasteiger partial charge in [0.1, 0.15) is 11.3 Å². The lowest BCUT2D eigenvalue weighted by molar-refractivity contribution is -0.125. The third-order valence-corrected chi connectivity index (χ3v) is 5.42. The Hall–Kier alpha value is -2.96. The van der Waals surface area contributed by atoms with Gasteiger partial charge in [-0.2, -0.15) is 5.10 Å². The summed E-state index contributed by atoms with van der Waals surface area (Å²) in [6, 6.07) is 8.50. The standard InChI is InChI=1S/C21H24FN5O/c1-14-17-9-10-23-20(19(17)26(2)25-14)27-11-5-7-16(13-27)21(28)24-12-15-6-3-4-8-18(15)22/h3-4,6,8-10,16H,5,7,11-13H2,1-2H3,(H,24,28). The molecule has 1 amide bonds. The van der Waals surface area contributed by atoms with Crippen molar-refractivity contribution in [2.24, 2.45) is 13.0 Å². The molecule has 1 N–H and O–H groups in total. The number of pyridine rings is 1. The van der Waals surface area contributed by atoms with Gasteiger partial charge in [-0.3, -0.25) is 9.48 Å². The van der Waals surface area contributed by atoms with Crippen molar-refractivity contribution in [3.05, 3.63) is 53.6 Å². The number of hydrogen-bond acceptors (Lipinski definition) is 4. The van der Waals surface area contributed by atoms with Gasteiger partial charge in [-0.25, -0.2) is 9.37 Å². The van der Waals surface area contributed by atoms with Crippen LogP contribution in [-0.4, -0.2) is 33.8 Å². The maximum absolute atomic E-state index is 13.8. The highest BCUT2D eigenvalue weighted by Gasteiger charge is 2.28. The van der Waals surface area contributed by atoms with Gasteiger partial charge < -0.3 is 10.2 Å². The van der Waals surface area contributed by atoms with Gasteiger partial charge in [0.05, 0.1) is 11.6 Å². The molecule has 1 aromatic carbocycles. The van der Waals surface area contributed by atoms with Gasteiger partial charge in [-0.1, -0.05) is 18.2 Å². The quantitative estimate of drug-likeness (QED) is 0.755. The Morgan fingerprint density at radius 3 is 2.96 bits per heavy atom. The van der Waals surface area contributed by atoms with E-state index in [0.717, 1.165) is 41.8 Å². The number of aromatic nitrogens is 3. The molecule has 1 aliphatic rings. The molecule has 0 saturated carbocycles. The van der Waals surface area contributed by atoms with E-state index < -0.39 is 0 Å². The average Bonchev–Trinajstić information content (AvgIpc) is 3.01. The lowest BCUT2D eigenvalue weighted by Crippen LogP contribution is -2.43. The molecule has 0 radical (unpaired) electrons. The molecule has 0 aliphatic carbocycles. The highest BCUT2D eigenvalue weighted by Crippen LogP contribution is 2.29. The summed E-state index contributed by atoms with van der Waals surface area (Å²) in [5.41, 5.74) is 2.46. The van der Waals surface area contributed by atoms with Crippen molar-refractivity contribution in [2.45, 2.75) is 26.3 Å². The summed E-state index contributed by atoms with van der Waals surface area (Å²) in [5, 5.41) is 8.48. The Kier molecular flexibility index (Phi) is 4.98. The number of rotatable bonds is 4. The summed E-state index contributed by atoms with van der Waals surface area (Å²) >= 11 is 0. The number of aryl methyl sites for hydroxylation is 2. The van der Waals surface area contributed by atoms with Gasteiger partial charge in [0.15, 0.2) is 5.82 Å². The first-order valence-electron chi connectivity index (χ1n) is 9.59. The molecule has 3 aromatic rings. The van der Waals surface area contributed by atoms with Crippen molar-refractivity contribution in [3.8, 4) is 0 Å². The van der Waals surface area contributed by atoms with Crippen molar-refractivity contribution in [3.63, 3.8) is 0 Å². The minimum Gasteiger partial charge on any atom is -0.354 e. The van der Waals surface area contributed by atoms with Crippen LogP contribution in [0.5, 0.6) is 0 Å². The van der Waals surface area contributed by atoms with Gasteiger partial charge in [-0.05, 0) is 31.9 Å². The molecule has 0 spiro atoms.